The van der Waals surface area contributed by atoms with Gasteiger partial charge in [0.1, 0.15) is 5.75 Å². The van der Waals surface area contributed by atoms with Crippen molar-refractivity contribution in [2.75, 3.05) is 14.2 Å². The summed E-state index contributed by atoms with van der Waals surface area (Å²) in [7, 11) is 3.14. The fourth-order valence-corrected chi connectivity index (χ4v) is 2.54. The highest BCUT2D eigenvalue weighted by Crippen LogP contribution is 2.49. The molecule has 6 heteroatoms. The number of rotatable bonds is 3. The van der Waals surface area contributed by atoms with E-state index in [1.165, 1.54) is 12.1 Å². The Bertz CT molecular complexity index is 500. The average Bonchev–Trinajstić information content (AvgIpc) is 2.36. The molecule has 0 amide bonds. The van der Waals surface area contributed by atoms with Gasteiger partial charge in [-0.2, -0.15) is 0 Å². The van der Waals surface area contributed by atoms with Gasteiger partial charge in [-0.1, -0.05) is 13.8 Å². The van der Waals surface area contributed by atoms with Crippen molar-refractivity contribution in [3.05, 3.63) is 33.9 Å². The first kappa shape index (κ1) is 13.8. The summed E-state index contributed by atoms with van der Waals surface area (Å²) in [6, 6.07) is 4.49. The van der Waals surface area contributed by atoms with Crippen LogP contribution < -0.4 is 4.74 Å². The molecule has 0 aromatic heterocycles. The Labute approximate surface area is 111 Å². The third kappa shape index (κ3) is 2.17. The molecule has 104 valence electrons. The number of nitro benzene ring substituents is 1. The van der Waals surface area contributed by atoms with Crippen molar-refractivity contribution in [2.24, 2.45) is 5.41 Å². The maximum absolute atomic E-state index is 10.9. The van der Waals surface area contributed by atoms with Crippen LogP contribution in [0, 0.1) is 15.5 Å². The van der Waals surface area contributed by atoms with Gasteiger partial charge in [-0.3, -0.25) is 10.1 Å². The molecule has 1 aliphatic rings. The number of hydrogen-bond donors (Lipinski definition) is 0. The van der Waals surface area contributed by atoms with Crippen LogP contribution in [0.15, 0.2) is 18.2 Å². The van der Waals surface area contributed by atoms with Gasteiger partial charge >= 0.3 is 0 Å². The van der Waals surface area contributed by atoms with Crippen molar-refractivity contribution in [1.82, 2.24) is 0 Å². The molecule has 1 aliphatic heterocycles. The number of benzene rings is 1. The Morgan fingerprint density at radius 1 is 1.32 bits per heavy atom. The van der Waals surface area contributed by atoms with Gasteiger partial charge in [0.2, 0.25) is 6.29 Å². The van der Waals surface area contributed by atoms with Crippen molar-refractivity contribution < 1.29 is 19.1 Å². The van der Waals surface area contributed by atoms with Gasteiger partial charge in [0.15, 0.2) is 0 Å². The van der Waals surface area contributed by atoms with Gasteiger partial charge in [-0.25, -0.2) is 0 Å². The molecule has 0 N–H and O–H groups in total. The number of nitro groups is 1. The number of fused-ring (bicyclic) bond motifs is 1. The average molecular weight is 267 g/mol. The quantitative estimate of drug-likeness (QED) is 0.622. The van der Waals surface area contributed by atoms with Crippen LogP contribution in [0.1, 0.15) is 25.5 Å². The maximum Gasteiger partial charge on any atom is 0.270 e. The van der Waals surface area contributed by atoms with E-state index < -0.39 is 16.6 Å². The molecule has 0 saturated heterocycles. The molecule has 1 aromatic carbocycles. The van der Waals surface area contributed by atoms with Crippen LogP contribution in [-0.2, 0) is 9.47 Å². The summed E-state index contributed by atoms with van der Waals surface area (Å²) >= 11 is 0. The second-order valence-corrected chi connectivity index (χ2v) is 5.10. The van der Waals surface area contributed by atoms with Crippen LogP contribution in [0.4, 0.5) is 5.69 Å². The highest BCUT2D eigenvalue weighted by molar-refractivity contribution is 5.47. The number of nitrogens with zero attached hydrogens (tertiary/aromatic N) is 1. The van der Waals surface area contributed by atoms with Crippen molar-refractivity contribution in [2.45, 2.75) is 26.2 Å². The molecular formula is C13H17NO5. The number of non-ortho nitro benzene ring substituents is 1. The van der Waals surface area contributed by atoms with E-state index in [2.05, 4.69) is 0 Å². The predicted molar refractivity (Wildman–Crippen MR) is 68.1 cm³/mol. The predicted octanol–water partition coefficient (Wildman–Crippen LogP) is 2.67. The van der Waals surface area contributed by atoms with Crippen LogP contribution >= 0.6 is 0 Å². The topological polar surface area (TPSA) is 70.8 Å². The molecule has 6 nitrogen and oxygen atoms in total. The summed E-state index contributed by atoms with van der Waals surface area (Å²) in [5.41, 5.74) is 0.247. The molecule has 19 heavy (non-hydrogen) atoms. The third-order valence-corrected chi connectivity index (χ3v) is 3.45. The lowest BCUT2D eigenvalue weighted by molar-refractivity contribution is -0.385. The Kier molecular flexibility index (Phi) is 3.47. The van der Waals surface area contributed by atoms with E-state index in [0.717, 1.165) is 0 Å². The van der Waals surface area contributed by atoms with E-state index in [0.29, 0.717) is 11.3 Å². The van der Waals surface area contributed by atoms with E-state index in [4.69, 9.17) is 14.2 Å². The van der Waals surface area contributed by atoms with Crippen molar-refractivity contribution >= 4 is 5.69 Å². The van der Waals surface area contributed by atoms with Crippen LogP contribution in [0.25, 0.3) is 0 Å². The minimum absolute atomic E-state index is 0.0241. The number of methoxy groups -OCH3 is 2. The molecule has 0 fully saturated rings. The molecule has 0 spiro atoms. The zero-order chi connectivity index (χ0) is 14.2. The summed E-state index contributed by atoms with van der Waals surface area (Å²) in [6.07, 6.45) is -0.799. The number of ether oxygens (including phenoxy) is 3. The second kappa shape index (κ2) is 4.79. The van der Waals surface area contributed by atoms with Crippen molar-refractivity contribution in [3.8, 4) is 5.75 Å². The smallest absolute Gasteiger partial charge is 0.270 e. The lowest BCUT2D eigenvalue weighted by Gasteiger charge is -2.43. The minimum Gasteiger partial charge on any atom is -0.464 e. The van der Waals surface area contributed by atoms with E-state index >= 15 is 0 Å². The molecule has 2 atom stereocenters. The first-order valence-corrected chi connectivity index (χ1v) is 5.92. The Hall–Kier alpha value is -1.66. The van der Waals surface area contributed by atoms with Crippen LogP contribution in [0.2, 0.25) is 0 Å². The fourth-order valence-electron chi connectivity index (χ4n) is 2.54. The van der Waals surface area contributed by atoms with Gasteiger partial charge in [0.05, 0.1) is 16.4 Å². The highest BCUT2D eigenvalue weighted by atomic mass is 16.7. The highest BCUT2D eigenvalue weighted by Gasteiger charge is 2.46. The van der Waals surface area contributed by atoms with E-state index in [1.807, 2.05) is 13.8 Å². The molecule has 0 radical (unpaired) electrons. The molecule has 1 heterocycles. The third-order valence-electron chi connectivity index (χ3n) is 3.45. The molecule has 0 saturated carbocycles. The van der Waals surface area contributed by atoms with Gasteiger partial charge in [-0.15, -0.1) is 0 Å². The van der Waals surface area contributed by atoms with E-state index in [1.54, 1.807) is 20.3 Å². The van der Waals surface area contributed by atoms with Crippen molar-refractivity contribution in [1.29, 1.82) is 0 Å². The summed E-state index contributed by atoms with van der Waals surface area (Å²) in [4.78, 5) is 10.4. The van der Waals surface area contributed by atoms with Crippen molar-refractivity contribution in [3.63, 3.8) is 0 Å². The standard InChI is InChI=1S/C13H17NO5/c1-13(2)11(17-3)9-7-8(14(15)16)5-6-10(9)19-12(13)18-4/h5-7,11-12H,1-4H3/t11-,12-/m1/s1. The summed E-state index contributed by atoms with van der Waals surface area (Å²) in [6.45, 7) is 3.88. The fraction of sp³-hybridized carbons (Fsp3) is 0.538. The van der Waals surface area contributed by atoms with Gasteiger partial charge < -0.3 is 14.2 Å². The molecule has 0 unspecified atom stereocenters. The second-order valence-electron chi connectivity index (χ2n) is 5.10. The van der Waals surface area contributed by atoms with Gasteiger partial charge in [0.25, 0.3) is 5.69 Å². The zero-order valence-corrected chi connectivity index (χ0v) is 11.4. The number of hydrogen-bond acceptors (Lipinski definition) is 5. The summed E-state index contributed by atoms with van der Waals surface area (Å²) < 4.78 is 16.6. The molecule has 2 rings (SSSR count). The largest absolute Gasteiger partial charge is 0.464 e. The monoisotopic (exact) mass is 267 g/mol. The zero-order valence-electron chi connectivity index (χ0n) is 11.4. The maximum atomic E-state index is 10.9. The SMILES string of the molecule is CO[C@@H]1Oc2ccc([N+](=O)[O-])cc2[C@@H](OC)C1(C)C. The van der Waals surface area contributed by atoms with Crippen LogP contribution in [0.3, 0.4) is 0 Å². The Morgan fingerprint density at radius 2 is 2.00 bits per heavy atom. The Balaban J connectivity index is 2.53. The van der Waals surface area contributed by atoms with E-state index in [-0.39, 0.29) is 11.8 Å². The minimum atomic E-state index is -0.466. The summed E-state index contributed by atoms with van der Waals surface area (Å²) in [5.74, 6) is 0.559. The van der Waals surface area contributed by atoms with Crippen LogP contribution in [-0.4, -0.2) is 25.4 Å². The first-order chi connectivity index (χ1) is 8.91. The Morgan fingerprint density at radius 3 is 2.53 bits per heavy atom. The first-order valence-electron chi connectivity index (χ1n) is 5.92. The molecule has 0 aliphatic carbocycles. The van der Waals surface area contributed by atoms with Gasteiger partial charge in [0, 0.05) is 31.9 Å². The van der Waals surface area contributed by atoms with Gasteiger partial charge in [-0.05, 0) is 6.07 Å². The molecule has 1 aromatic rings. The molecule has 0 bridgehead atoms. The molecular weight excluding hydrogens is 250 g/mol. The lowest BCUT2D eigenvalue weighted by atomic mass is 9.79. The van der Waals surface area contributed by atoms with Crippen LogP contribution in [0.5, 0.6) is 5.75 Å². The summed E-state index contributed by atoms with van der Waals surface area (Å²) in [5, 5.41) is 10.9. The normalized spacial score (nSPS) is 24.4. The lowest BCUT2D eigenvalue weighted by Crippen LogP contribution is -2.44. The van der Waals surface area contributed by atoms with E-state index in [9.17, 15) is 10.1 Å².